The van der Waals surface area contributed by atoms with Crippen LogP contribution in [0.15, 0.2) is 36.4 Å². The highest BCUT2D eigenvalue weighted by Crippen LogP contribution is 2.32. The zero-order valence-corrected chi connectivity index (χ0v) is 14.4. The van der Waals surface area contributed by atoms with E-state index in [4.69, 9.17) is 4.74 Å². The average molecular weight is 367 g/mol. The maximum atomic E-state index is 12.5. The molecule has 0 amide bonds. The van der Waals surface area contributed by atoms with Crippen LogP contribution in [-0.2, 0) is 30.0 Å². The highest BCUT2D eigenvalue weighted by Gasteiger charge is 2.19. The van der Waals surface area contributed by atoms with Gasteiger partial charge in [0.05, 0.1) is 7.11 Å². The van der Waals surface area contributed by atoms with Crippen LogP contribution in [-0.4, -0.2) is 32.1 Å². The van der Waals surface area contributed by atoms with Gasteiger partial charge in [-0.25, -0.2) is 0 Å². The van der Waals surface area contributed by atoms with Gasteiger partial charge in [-0.2, -0.15) is 8.42 Å². The molecular formula is C17H18FNO5S. The van der Waals surface area contributed by atoms with E-state index in [-0.39, 0.29) is 11.5 Å². The molecule has 1 N–H and O–H groups in total. The lowest BCUT2D eigenvalue weighted by Crippen LogP contribution is -2.30. The van der Waals surface area contributed by atoms with E-state index < -0.39 is 10.5 Å². The number of hydrogen-bond acceptors (Lipinski definition) is 6. The molecule has 25 heavy (non-hydrogen) atoms. The summed E-state index contributed by atoms with van der Waals surface area (Å²) in [4.78, 5) is 2.22. The topological polar surface area (TPSA) is 76.1 Å². The Kier molecular flexibility index (Phi) is 4.82. The summed E-state index contributed by atoms with van der Waals surface area (Å²) in [6.45, 7) is 2.20. The molecule has 0 radical (unpaired) electrons. The van der Waals surface area contributed by atoms with Crippen LogP contribution in [0, 0.1) is 0 Å². The van der Waals surface area contributed by atoms with E-state index >= 15 is 0 Å². The first-order valence-electron chi connectivity index (χ1n) is 7.68. The molecule has 3 rings (SSSR count). The molecule has 8 heteroatoms. The van der Waals surface area contributed by atoms with Crippen LogP contribution in [0.1, 0.15) is 16.7 Å². The highest BCUT2D eigenvalue weighted by molar-refractivity contribution is 7.81. The van der Waals surface area contributed by atoms with Gasteiger partial charge in [0, 0.05) is 19.6 Å². The molecule has 1 aliphatic rings. The molecular weight excluding hydrogens is 349 g/mol. The minimum atomic E-state index is -5.00. The third-order valence-corrected chi connectivity index (χ3v) is 4.51. The van der Waals surface area contributed by atoms with Crippen molar-refractivity contribution < 1.29 is 26.3 Å². The molecule has 6 nitrogen and oxygen atoms in total. The number of nitrogens with zero attached hydrogens (tertiary/aromatic N) is 1. The molecule has 0 spiro atoms. The van der Waals surface area contributed by atoms with Crippen molar-refractivity contribution in [3.05, 3.63) is 53.1 Å². The first kappa shape index (κ1) is 17.5. The fourth-order valence-electron chi connectivity index (χ4n) is 2.95. The summed E-state index contributed by atoms with van der Waals surface area (Å²) in [7, 11) is -3.49. The monoisotopic (exact) mass is 367 g/mol. The molecule has 0 saturated heterocycles. The summed E-state index contributed by atoms with van der Waals surface area (Å²) >= 11 is 0. The molecule has 0 unspecified atom stereocenters. The lowest BCUT2D eigenvalue weighted by molar-refractivity contribution is 0.244. The average Bonchev–Trinajstić information content (AvgIpc) is 2.55. The van der Waals surface area contributed by atoms with E-state index in [0.717, 1.165) is 29.7 Å². The number of rotatable bonds is 5. The van der Waals surface area contributed by atoms with Crippen molar-refractivity contribution in [2.24, 2.45) is 0 Å². The van der Waals surface area contributed by atoms with Gasteiger partial charge in [-0.05, 0) is 47.4 Å². The van der Waals surface area contributed by atoms with Crippen LogP contribution in [0.2, 0.25) is 0 Å². The van der Waals surface area contributed by atoms with Gasteiger partial charge in [0.25, 0.3) is 0 Å². The number of phenolic OH excluding ortho intramolecular Hbond substituents is 1. The first-order valence-corrected chi connectivity index (χ1v) is 8.99. The predicted octanol–water partition coefficient (Wildman–Crippen LogP) is 2.55. The fraction of sp³-hybridized carbons (Fsp3) is 0.294. The number of phenols is 1. The third kappa shape index (κ3) is 4.40. The molecule has 1 aliphatic heterocycles. The Morgan fingerprint density at radius 2 is 1.92 bits per heavy atom. The maximum absolute atomic E-state index is 12.5. The summed E-state index contributed by atoms with van der Waals surface area (Å²) in [5.74, 6) is 0.540. The quantitative estimate of drug-likeness (QED) is 0.819. The largest absolute Gasteiger partial charge is 0.504 e. The first-order chi connectivity index (χ1) is 11.8. The SMILES string of the molecule is COc1cc2c(cc1O)CCN(Cc1ccc(OS(=O)(=O)F)cc1)C2. The third-order valence-electron chi connectivity index (χ3n) is 4.12. The number of fused-ring (bicyclic) bond motifs is 1. The normalized spacial score (nSPS) is 14.8. The molecule has 1 heterocycles. The molecule has 2 aromatic carbocycles. The Bertz CT molecular complexity index is 867. The van der Waals surface area contributed by atoms with Crippen molar-refractivity contribution in [1.29, 1.82) is 0 Å². The molecule has 0 aromatic heterocycles. The maximum Gasteiger partial charge on any atom is 0.488 e. The van der Waals surface area contributed by atoms with Crippen LogP contribution in [0.5, 0.6) is 17.2 Å². The second kappa shape index (κ2) is 6.89. The van der Waals surface area contributed by atoms with Gasteiger partial charge in [-0.15, -0.1) is 0 Å². The number of hydrogen-bond donors (Lipinski definition) is 1. The van der Waals surface area contributed by atoms with Gasteiger partial charge in [-0.3, -0.25) is 4.90 Å². The zero-order valence-electron chi connectivity index (χ0n) is 13.6. The van der Waals surface area contributed by atoms with Crippen LogP contribution in [0.4, 0.5) is 3.89 Å². The van der Waals surface area contributed by atoms with E-state index in [0.29, 0.717) is 18.8 Å². The molecule has 0 bridgehead atoms. The van der Waals surface area contributed by atoms with Gasteiger partial charge in [0.1, 0.15) is 5.75 Å². The molecule has 2 aromatic rings. The minimum Gasteiger partial charge on any atom is -0.504 e. The van der Waals surface area contributed by atoms with Gasteiger partial charge < -0.3 is 14.0 Å². The lowest BCUT2D eigenvalue weighted by atomic mass is 9.98. The lowest BCUT2D eigenvalue weighted by Gasteiger charge is -2.29. The van der Waals surface area contributed by atoms with Crippen molar-refractivity contribution >= 4 is 10.5 Å². The minimum absolute atomic E-state index is 0.0598. The molecule has 0 aliphatic carbocycles. The van der Waals surface area contributed by atoms with Crippen LogP contribution < -0.4 is 8.92 Å². The Hall–Kier alpha value is -2.32. The predicted molar refractivity (Wildman–Crippen MR) is 89.6 cm³/mol. The van der Waals surface area contributed by atoms with E-state index in [9.17, 15) is 17.4 Å². The van der Waals surface area contributed by atoms with Gasteiger partial charge in [0.2, 0.25) is 0 Å². The van der Waals surface area contributed by atoms with Crippen molar-refractivity contribution in [3.63, 3.8) is 0 Å². The number of aromatic hydroxyl groups is 1. The number of benzene rings is 2. The Morgan fingerprint density at radius 3 is 2.56 bits per heavy atom. The van der Waals surface area contributed by atoms with E-state index in [1.54, 1.807) is 18.2 Å². The number of halogens is 1. The molecule has 0 fully saturated rings. The summed E-state index contributed by atoms with van der Waals surface area (Å²) < 4.78 is 42.8. The van der Waals surface area contributed by atoms with Gasteiger partial charge >= 0.3 is 10.5 Å². The van der Waals surface area contributed by atoms with E-state index in [1.165, 1.54) is 19.2 Å². The van der Waals surface area contributed by atoms with Gasteiger partial charge in [-0.1, -0.05) is 16.0 Å². The number of methoxy groups -OCH3 is 1. The molecule has 0 atom stereocenters. The highest BCUT2D eigenvalue weighted by atomic mass is 32.3. The Morgan fingerprint density at radius 1 is 1.20 bits per heavy atom. The van der Waals surface area contributed by atoms with Gasteiger partial charge in [0.15, 0.2) is 11.5 Å². The Labute approximate surface area is 145 Å². The molecule has 134 valence electrons. The zero-order chi connectivity index (χ0) is 18.0. The summed E-state index contributed by atoms with van der Waals surface area (Å²) in [5, 5.41) is 9.85. The van der Waals surface area contributed by atoms with E-state index in [2.05, 4.69) is 9.08 Å². The van der Waals surface area contributed by atoms with E-state index in [1.807, 2.05) is 6.07 Å². The smallest absolute Gasteiger partial charge is 0.488 e. The summed E-state index contributed by atoms with van der Waals surface area (Å²) in [5.41, 5.74) is 3.16. The molecule has 0 saturated carbocycles. The van der Waals surface area contributed by atoms with Crippen molar-refractivity contribution in [2.45, 2.75) is 19.5 Å². The van der Waals surface area contributed by atoms with Crippen molar-refractivity contribution in [1.82, 2.24) is 4.90 Å². The second-order valence-corrected chi connectivity index (χ2v) is 6.83. The van der Waals surface area contributed by atoms with Crippen LogP contribution in [0.3, 0.4) is 0 Å². The fourth-order valence-corrected chi connectivity index (χ4v) is 3.30. The standard InChI is InChI=1S/C17H18FNO5S/c1-23-17-9-14-11-19(7-6-13(14)8-16(17)20)10-12-2-4-15(5-3-12)24-25(18,21)22/h2-5,8-9,20H,6-7,10-11H2,1H3. The van der Waals surface area contributed by atoms with Crippen LogP contribution in [0.25, 0.3) is 0 Å². The van der Waals surface area contributed by atoms with Crippen LogP contribution >= 0.6 is 0 Å². The van der Waals surface area contributed by atoms with Crippen molar-refractivity contribution in [2.75, 3.05) is 13.7 Å². The Balaban J connectivity index is 1.68. The summed E-state index contributed by atoms with van der Waals surface area (Å²) in [6.07, 6.45) is 0.814. The summed E-state index contributed by atoms with van der Waals surface area (Å²) in [6, 6.07) is 9.84. The van der Waals surface area contributed by atoms with Crippen molar-refractivity contribution in [3.8, 4) is 17.2 Å². The second-order valence-electron chi connectivity index (χ2n) is 5.87. The number of ether oxygens (including phenoxy) is 1.